The van der Waals surface area contributed by atoms with Crippen molar-refractivity contribution in [3.8, 4) is 0 Å². The molecule has 0 aliphatic carbocycles. The van der Waals surface area contributed by atoms with E-state index >= 15 is 0 Å². The van der Waals surface area contributed by atoms with E-state index in [1.54, 1.807) is 4.90 Å². The summed E-state index contributed by atoms with van der Waals surface area (Å²) in [5.74, 6) is 0.00110. The van der Waals surface area contributed by atoms with Gasteiger partial charge in [-0.05, 0) is 29.7 Å². The van der Waals surface area contributed by atoms with Gasteiger partial charge in [-0.3, -0.25) is 4.79 Å². The standard InChI is InChI=1S/C13H20N6O3/c1-2-11-7-19(13(21)22-11)10-3-5-17(6-4-10)12(20)8-18-9-14-15-16-18/h9-11H,2-8H2,1H3. The smallest absolute Gasteiger partial charge is 0.410 e. The fourth-order valence-corrected chi connectivity index (χ4v) is 2.97. The summed E-state index contributed by atoms with van der Waals surface area (Å²) in [4.78, 5) is 27.6. The predicted octanol–water partition coefficient (Wildman–Crippen LogP) is -0.105. The summed E-state index contributed by atoms with van der Waals surface area (Å²) in [7, 11) is 0. The number of tetrazole rings is 1. The first-order valence-electron chi connectivity index (χ1n) is 7.63. The van der Waals surface area contributed by atoms with Crippen molar-refractivity contribution in [3.05, 3.63) is 6.33 Å². The molecular formula is C13H20N6O3. The van der Waals surface area contributed by atoms with Gasteiger partial charge in [-0.25, -0.2) is 9.48 Å². The Hall–Kier alpha value is -2.19. The lowest BCUT2D eigenvalue weighted by Gasteiger charge is -2.35. The largest absolute Gasteiger partial charge is 0.444 e. The van der Waals surface area contributed by atoms with Gasteiger partial charge in [0.1, 0.15) is 19.0 Å². The number of aromatic nitrogens is 4. The number of likely N-dealkylation sites (tertiary alicyclic amines) is 1. The van der Waals surface area contributed by atoms with E-state index in [4.69, 9.17) is 4.74 Å². The molecule has 0 aromatic carbocycles. The number of ether oxygens (including phenoxy) is 1. The predicted molar refractivity (Wildman–Crippen MR) is 74.7 cm³/mol. The molecule has 0 saturated carbocycles. The van der Waals surface area contributed by atoms with Crippen LogP contribution >= 0.6 is 0 Å². The number of nitrogens with zero attached hydrogens (tertiary/aromatic N) is 6. The van der Waals surface area contributed by atoms with E-state index in [9.17, 15) is 9.59 Å². The van der Waals surface area contributed by atoms with Crippen molar-refractivity contribution in [2.45, 2.75) is 44.9 Å². The maximum absolute atomic E-state index is 12.2. The fraction of sp³-hybridized carbons (Fsp3) is 0.769. The third kappa shape index (κ3) is 3.02. The van der Waals surface area contributed by atoms with Gasteiger partial charge in [0.05, 0.1) is 6.54 Å². The molecule has 120 valence electrons. The van der Waals surface area contributed by atoms with Crippen LogP contribution in [0.4, 0.5) is 4.79 Å². The molecule has 0 N–H and O–H groups in total. The molecule has 3 rings (SSSR count). The first-order valence-corrected chi connectivity index (χ1v) is 7.63. The van der Waals surface area contributed by atoms with Gasteiger partial charge in [0.2, 0.25) is 5.91 Å². The highest BCUT2D eigenvalue weighted by atomic mass is 16.6. The average molecular weight is 308 g/mol. The van der Waals surface area contributed by atoms with E-state index < -0.39 is 0 Å². The molecule has 0 radical (unpaired) electrons. The molecule has 2 fully saturated rings. The highest BCUT2D eigenvalue weighted by molar-refractivity contribution is 5.76. The molecular weight excluding hydrogens is 288 g/mol. The van der Waals surface area contributed by atoms with Crippen molar-refractivity contribution in [1.82, 2.24) is 30.0 Å². The van der Waals surface area contributed by atoms with E-state index in [1.807, 2.05) is 11.8 Å². The topological polar surface area (TPSA) is 93.5 Å². The molecule has 2 saturated heterocycles. The monoisotopic (exact) mass is 308 g/mol. The van der Waals surface area contributed by atoms with Crippen molar-refractivity contribution < 1.29 is 14.3 Å². The Kier molecular flexibility index (Phi) is 4.21. The van der Waals surface area contributed by atoms with E-state index in [0.29, 0.717) is 19.6 Å². The third-order valence-electron chi connectivity index (χ3n) is 4.30. The lowest BCUT2D eigenvalue weighted by atomic mass is 10.0. The molecule has 2 aliphatic heterocycles. The second-order valence-electron chi connectivity index (χ2n) is 5.69. The van der Waals surface area contributed by atoms with Crippen molar-refractivity contribution in [2.24, 2.45) is 0 Å². The molecule has 0 bridgehead atoms. The minimum absolute atomic E-state index is 0.00110. The van der Waals surface area contributed by atoms with Crippen LogP contribution in [0.25, 0.3) is 0 Å². The van der Waals surface area contributed by atoms with Crippen LogP contribution in [0.1, 0.15) is 26.2 Å². The Morgan fingerprint density at radius 3 is 2.77 bits per heavy atom. The first-order chi connectivity index (χ1) is 10.7. The molecule has 1 aromatic heterocycles. The van der Waals surface area contributed by atoms with Crippen molar-refractivity contribution >= 4 is 12.0 Å². The minimum Gasteiger partial charge on any atom is -0.444 e. The summed E-state index contributed by atoms with van der Waals surface area (Å²) in [6.45, 7) is 4.13. The van der Waals surface area contributed by atoms with Crippen LogP contribution < -0.4 is 0 Å². The number of carbonyl (C=O) groups is 2. The number of cyclic esters (lactones) is 1. The molecule has 1 unspecified atom stereocenters. The Bertz CT molecular complexity index is 526. The number of carbonyl (C=O) groups excluding carboxylic acids is 2. The maximum Gasteiger partial charge on any atom is 0.410 e. The molecule has 9 heteroatoms. The molecule has 0 spiro atoms. The normalized spacial score (nSPS) is 23.0. The van der Waals surface area contributed by atoms with E-state index in [1.165, 1.54) is 11.0 Å². The minimum atomic E-state index is -0.217. The highest BCUT2D eigenvalue weighted by Crippen LogP contribution is 2.23. The maximum atomic E-state index is 12.2. The Labute approximate surface area is 128 Å². The van der Waals surface area contributed by atoms with Crippen LogP contribution in [0, 0.1) is 0 Å². The van der Waals surface area contributed by atoms with Gasteiger partial charge in [-0.15, -0.1) is 5.10 Å². The van der Waals surface area contributed by atoms with Gasteiger partial charge in [0, 0.05) is 19.1 Å². The summed E-state index contributed by atoms with van der Waals surface area (Å²) in [6, 6.07) is 0.168. The quantitative estimate of drug-likeness (QED) is 0.771. The van der Waals surface area contributed by atoms with Crippen molar-refractivity contribution in [1.29, 1.82) is 0 Å². The van der Waals surface area contributed by atoms with Gasteiger partial charge in [-0.2, -0.15) is 0 Å². The second-order valence-corrected chi connectivity index (χ2v) is 5.69. The van der Waals surface area contributed by atoms with Gasteiger partial charge < -0.3 is 14.5 Å². The van der Waals surface area contributed by atoms with Gasteiger partial charge >= 0.3 is 6.09 Å². The summed E-state index contributed by atoms with van der Waals surface area (Å²) in [5.41, 5.74) is 0. The van der Waals surface area contributed by atoms with Crippen molar-refractivity contribution in [2.75, 3.05) is 19.6 Å². The van der Waals surface area contributed by atoms with Crippen LogP contribution in [0.5, 0.6) is 0 Å². The summed E-state index contributed by atoms with van der Waals surface area (Å²) >= 11 is 0. The van der Waals surface area contributed by atoms with E-state index in [0.717, 1.165) is 19.3 Å². The lowest BCUT2D eigenvalue weighted by molar-refractivity contribution is -0.133. The van der Waals surface area contributed by atoms with E-state index in [2.05, 4.69) is 15.5 Å². The number of piperidine rings is 1. The Morgan fingerprint density at radius 1 is 1.41 bits per heavy atom. The zero-order valence-corrected chi connectivity index (χ0v) is 12.6. The number of hydrogen-bond acceptors (Lipinski definition) is 6. The number of rotatable bonds is 4. The van der Waals surface area contributed by atoms with Gasteiger partial charge in [-0.1, -0.05) is 6.92 Å². The van der Waals surface area contributed by atoms with Crippen LogP contribution in [0.15, 0.2) is 6.33 Å². The van der Waals surface area contributed by atoms with Crippen LogP contribution in [0.3, 0.4) is 0 Å². The lowest BCUT2D eigenvalue weighted by Crippen LogP contribution is -2.48. The van der Waals surface area contributed by atoms with Gasteiger partial charge in [0.15, 0.2) is 0 Å². The second kappa shape index (κ2) is 6.29. The molecule has 2 amide bonds. The molecule has 2 aliphatic rings. The van der Waals surface area contributed by atoms with Crippen LogP contribution in [-0.2, 0) is 16.1 Å². The zero-order chi connectivity index (χ0) is 15.5. The fourth-order valence-electron chi connectivity index (χ4n) is 2.97. The number of amides is 2. The Balaban J connectivity index is 1.50. The van der Waals surface area contributed by atoms with Crippen LogP contribution in [-0.4, -0.2) is 73.8 Å². The highest BCUT2D eigenvalue weighted by Gasteiger charge is 2.37. The number of hydrogen-bond donors (Lipinski definition) is 0. The van der Waals surface area contributed by atoms with Gasteiger partial charge in [0.25, 0.3) is 0 Å². The first kappa shape index (κ1) is 14.7. The molecule has 9 nitrogen and oxygen atoms in total. The summed E-state index contributed by atoms with van der Waals surface area (Å²) in [5, 5.41) is 10.7. The Morgan fingerprint density at radius 2 is 2.18 bits per heavy atom. The summed E-state index contributed by atoms with van der Waals surface area (Å²) in [6.07, 6.45) is 3.62. The van der Waals surface area contributed by atoms with Crippen molar-refractivity contribution in [3.63, 3.8) is 0 Å². The summed E-state index contributed by atoms with van der Waals surface area (Å²) < 4.78 is 6.72. The molecule has 3 heterocycles. The molecule has 1 atom stereocenters. The van der Waals surface area contributed by atoms with Crippen LogP contribution in [0.2, 0.25) is 0 Å². The van der Waals surface area contributed by atoms with E-state index in [-0.39, 0.29) is 30.7 Å². The SMILES string of the molecule is CCC1CN(C2CCN(C(=O)Cn3cnnn3)CC2)C(=O)O1. The third-order valence-corrected chi connectivity index (χ3v) is 4.30. The molecule has 1 aromatic rings. The zero-order valence-electron chi connectivity index (χ0n) is 12.6. The average Bonchev–Trinajstić information content (AvgIpc) is 3.17. The molecule has 22 heavy (non-hydrogen) atoms.